The predicted octanol–water partition coefficient (Wildman–Crippen LogP) is 1.76. The van der Waals surface area contributed by atoms with Crippen molar-refractivity contribution in [3.8, 4) is 0 Å². The lowest BCUT2D eigenvalue weighted by atomic mass is 10.3. The van der Waals surface area contributed by atoms with Crippen molar-refractivity contribution in [3.63, 3.8) is 0 Å². The van der Waals surface area contributed by atoms with Gasteiger partial charge < -0.3 is 15.0 Å². The van der Waals surface area contributed by atoms with Gasteiger partial charge in [-0.3, -0.25) is 4.79 Å². The molecule has 0 radical (unpaired) electrons. The number of aromatic nitrogens is 3. The van der Waals surface area contributed by atoms with Crippen LogP contribution in [0.3, 0.4) is 0 Å². The summed E-state index contributed by atoms with van der Waals surface area (Å²) in [7, 11) is 0. The average molecular weight is 274 g/mol. The number of pyridine rings is 1. The molecule has 2 aromatic rings. The highest BCUT2D eigenvalue weighted by Gasteiger charge is 2.10. The molecule has 20 heavy (non-hydrogen) atoms. The van der Waals surface area contributed by atoms with Crippen molar-refractivity contribution >= 4 is 11.5 Å². The Morgan fingerprint density at radius 1 is 1.45 bits per heavy atom. The molecule has 0 unspecified atom stereocenters. The Kier molecular flexibility index (Phi) is 4.14. The van der Waals surface area contributed by atoms with E-state index in [4.69, 9.17) is 0 Å². The first-order valence-electron chi connectivity index (χ1n) is 6.44. The van der Waals surface area contributed by atoms with Gasteiger partial charge in [0.05, 0.1) is 6.61 Å². The second-order valence-electron chi connectivity index (χ2n) is 4.80. The van der Waals surface area contributed by atoms with Crippen LogP contribution in [0.25, 0.3) is 0 Å². The van der Waals surface area contributed by atoms with E-state index < -0.39 is 0 Å². The maximum absolute atomic E-state index is 12.3. The van der Waals surface area contributed by atoms with E-state index in [1.807, 2.05) is 13.8 Å². The summed E-state index contributed by atoms with van der Waals surface area (Å²) in [4.78, 5) is 20.5. The minimum Gasteiger partial charge on any atom is -0.391 e. The Bertz CT molecular complexity index is 664. The van der Waals surface area contributed by atoms with Crippen molar-refractivity contribution in [1.29, 1.82) is 0 Å². The van der Waals surface area contributed by atoms with Crippen molar-refractivity contribution < 1.29 is 5.11 Å². The molecule has 0 amide bonds. The Morgan fingerprint density at radius 2 is 2.20 bits per heavy atom. The van der Waals surface area contributed by atoms with Gasteiger partial charge in [-0.15, -0.1) is 0 Å². The van der Waals surface area contributed by atoms with Gasteiger partial charge in [-0.25, -0.2) is 9.97 Å². The maximum Gasteiger partial charge on any atom is 0.274 e. The number of hydrogen-bond donors (Lipinski definition) is 2. The number of aliphatic hydroxyl groups is 1. The molecule has 0 saturated carbocycles. The van der Waals surface area contributed by atoms with Crippen LogP contribution in [0, 0.1) is 6.92 Å². The van der Waals surface area contributed by atoms with E-state index in [0.29, 0.717) is 22.9 Å². The molecule has 106 valence electrons. The topological polar surface area (TPSA) is 80.0 Å². The zero-order valence-electron chi connectivity index (χ0n) is 11.8. The number of aliphatic hydroxyl groups excluding tert-OH is 1. The second-order valence-corrected chi connectivity index (χ2v) is 4.80. The van der Waals surface area contributed by atoms with Crippen LogP contribution in [0.2, 0.25) is 0 Å². The number of rotatable bonds is 4. The van der Waals surface area contributed by atoms with E-state index in [1.54, 1.807) is 36.0 Å². The zero-order valence-corrected chi connectivity index (χ0v) is 11.8. The average Bonchev–Trinajstić information content (AvgIpc) is 2.41. The van der Waals surface area contributed by atoms with Crippen molar-refractivity contribution in [2.45, 2.75) is 33.4 Å². The van der Waals surface area contributed by atoms with Crippen molar-refractivity contribution in [3.05, 3.63) is 46.3 Å². The lowest BCUT2D eigenvalue weighted by Gasteiger charge is -2.13. The van der Waals surface area contributed by atoms with Crippen molar-refractivity contribution in [2.75, 3.05) is 5.32 Å². The summed E-state index contributed by atoms with van der Waals surface area (Å²) in [5, 5.41) is 12.3. The second kappa shape index (κ2) is 5.83. The minimum absolute atomic E-state index is 0.0775. The molecular weight excluding hydrogens is 256 g/mol. The van der Waals surface area contributed by atoms with Crippen LogP contribution in [-0.2, 0) is 6.61 Å². The number of anilines is 2. The van der Waals surface area contributed by atoms with Gasteiger partial charge in [0.2, 0.25) is 0 Å². The van der Waals surface area contributed by atoms with Gasteiger partial charge in [-0.2, -0.15) is 0 Å². The third-order valence-corrected chi connectivity index (χ3v) is 2.94. The summed E-state index contributed by atoms with van der Waals surface area (Å²) in [6.07, 6.45) is 3.30. The summed E-state index contributed by atoms with van der Waals surface area (Å²) in [6, 6.07) is 3.57. The third-order valence-electron chi connectivity index (χ3n) is 2.94. The number of hydrogen-bond acceptors (Lipinski definition) is 5. The molecule has 0 saturated heterocycles. The fourth-order valence-electron chi connectivity index (χ4n) is 1.86. The van der Waals surface area contributed by atoms with Gasteiger partial charge in [-0.05, 0) is 32.9 Å². The van der Waals surface area contributed by atoms with Crippen LogP contribution in [-0.4, -0.2) is 19.6 Å². The summed E-state index contributed by atoms with van der Waals surface area (Å²) >= 11 is 0. The third kappa shape index (κ3) is 2.85. The molecule has 0 bridgehead atoms. The maximum atomic E-state index is 12.3. The van der Waals surface area contributed by atoms with E-state index >= 15 is 0 Å². The van der Waals surface area contributed by atoms with Crippen LogP contribution < -0.4 is 10.9 Å². The van der Waals surface area contributed by atoms with E-state index in [0.717, 1.165) is 0 Å². The highest BCUT2D eigenvalue weighted by Crippen LogP contribution is 2.16. The Labute approximate surface area is 117 Å². The molecule has 6 nitrogen and oxygen atoms in total. The van der Waals surface area contributed by atoms with Crippen molar-refractivity contribution in [2.24, 2.45) is 0 Å². The quantitative estimate of drug-likeness (QED) is 0.888. The largest absolute Gasteiger partial charge is 0.391 e. The fraction of sp³-hybridized carbons (Fsp3) is 0.357. The lowest BCUT2D eigenvalue weighted by molar-refractivity contribution is 0.281. The summed E-state index contributed by atoms with van der Waals surface area (Å²) < 4.78 is 1.63. The van der Waals surface area contributed by atoms with Crippen LogP contribution in [0.5, 0.6) is 0 Å². The van der Waals surface area contributed by atoms with E-state index in [9.17, 15) is 9.90 Å². The number of aryl methyl sites for hydroxylation is 1. The van der Waals surface area contributed by atoms with Gasteiger partial charge in [0.1, 0.15) is 17.3 Å². The Morgan fingerprint density at radius 3 is 2.85 bits per heavy atom. The number of nitrogens with zero attached hydrogens (tertiary/aromatic N) is 3. The molecule has 6 heteroatoms. The molecule has 2 aromatic heterocycles. The monoisotopic (exact) mass is 274 g/mol. The van der Waals surface area contributed by atoms with Crippen LogP contribution in [0.1, 0.15) is 31.3 Å². The minimum atomic E-state index is -0.187. The molecule has 0 aliphatic rings. The molecular formula is C14H18N4O2. The standard InChI is InChI=1S/C14H18N4O2/c1-9(2)18-6-4-5-12(14(18)20)17-13-11(8-19)7-15-10(3)16-13/h4-7,9,19H,8H2,1-3H3,(H,15,16,17). The van der Waals surface area contributed by atoms with E-state index in [-0.39, 0.29) is 18.2 Å². The van der Waals surface area contributed by atoms with Crippen molar-refractivity contribution in [1.82, 2.24) is 14.5 Å². The lowest BCUT2D eigenvalue weighted by Crippen LogP contribution is -2.23. The summed E-state index contributed by atoms with van der Waals surface area (Å²) in [6.45, 7) is 5.45. The molecule has 0 spiro atoms. The Hall–Kier alpha value is -2.21. The first-order chi connectivity index (χ1) is 9.52. The smallest absolute Gasteiger partial charge is 0.274 e. The number of nitrogens with one attached hydrogen (secondary N) is 1. The highest BCUT2D eigenvalue weighted by atomic mass is 16.3. The molecule has 0 fully saturated rings. The molecule has 0 aliphatic carbocycles. The molecule has 2 N–H and O–H groups in total. The first kappa shape index (κ1) is 14.2. The molecule has 0 aliphatic heterocycles. The predicted molar refractivity (Wildman–Crippen MR) is 77.1 cm³/mol. The summed E-state index contributed by atoms with van der Waals surface area (Å²) in [5.41, 5.74) is 0.853. The van der Waals surface area contributed by atoms with Crippen LogP contribution >= 0.6 is 0 Å². The molecule has 2 rings (SSSR count). The van der Waals surface area contributed by atoms with Gasteiger partial charge in [0.25, 0.3) is 5.56 Å². The highest BCUT2D eigenvalue weighted by molar-refractivity contribution is 5.57. The first-order valence-corrected chi connectivity index (χ1v) is 6.44. The van der Waals surface area contributed by atoms with Gasteiger partial charge >= 0.3 is 0 Å². The summed E-state index contributed by atoms with van der Waals surface area (Å²) in [5.74, 6) is 1.03. The SMILES string of the molecule is Cc1ncc(CO)c(Nc2cccn(C(C)C)c2=O)n1. The molecule has 2 heterocycles. The van der Waals surface area contributed by atoms with Gasteiger partial charge in [0.15, 0.2) is 0 Å². The van der Waals surface area contributed by atoms with Crippen LogP contribution in [0.4, 0.5) is 11.5 Å². The normalized spacial score (nSPS) is 10.8. The van der Waals surface area contributed by atoms with Gasteiger partial charge in [-0.1, -0.05) is 0 Å². The molecule has 0 atom stereocenters. The van der Waals surface area contributed by atoms with E-state index in [2.05, 4.69) is 15.3 Å². The van der Waals surface area contributed by atoms with E-state index in [1.165, 1.54) is 0 Å². The Balaban J connectivity index is 2.43. The molecule has 0 aromatic carbocycles. The van der Waals surface area contributed by atoms with Gasteiger partial charge in [0, 0.05) is 24.0 Å². The zero-order chi connectivity index (χ0) is 14.7. The fourth-order valence-corrected chi connectivity index (χ4v) is 1.86. The van der Waals surface area contributed by atoms with Crippen LogP contribution in [0.15, 0.2) is 29.3 Å².